The Balaban J connectivity index is 2.42. The predicted octanol–water partition coefficient (Wildman–Crippen LogP) is 2.84. The van der Waals surface area contributed by atoms with E-state index in [4.69, 9.17) is 0 Å². The number of amides is 1. The lowest BCUT2D eigenvalue weighted by Crippen LogP contribution is -2.43. The van der Waals surface area contributed by atoms with Gasteiger partial charge in [-0.1, -0.05) is 24.3 Å². The molecule has 0 aromatic heterocycles. The molecule has 2 nitrogen and oxygen atoms in total. The number of benzene rings is 1. The van der Waals surface area contributed by atoms with E-state index in [2.05, 4.69) is 26.8 Å². The minimum absolute atomic E-state index is 0.0868. The molecule has 0 aliphatic carbocycles. The number of carbonyl (C=O) groups is 1. The fourth-order valence-electron chi connectivity index (χ4n) is 1.91. The highest BCUT2D eigenvalue weighted by atomic mass is 16.2. The van der Waals surface area contributed by atoms with Crippen LogP contribution in [-0.4, -0.2) is 16.3 Å². The van der Waals surface area contributed by atoms with Gasteiger partial charge in [-0.05, 0) is 38.0 Å². The van der Waals surface area contributed by atoms with Crippen LogP contribution in [-0.2, 0) is 11.3 Å². The minimum Gasteiger partial charge on any atom is -0.330 e. The number of hydrogen-bond donors (Lipinski definition) is 0. The molecular weight excluding hydrogens is 198 g/mol. The van der Waals surface area contributed by atoms with Gasteiger partial charge in [-0.3, -0.25) is 4.79 Å². The summed E-state index contributed by atoms with van der Waals surface area (Å²) < 4.78 is 0. The van der Waals surface area contributed by atoms with Gasteiger partial charge in [-0.15, -0.1) is 0 Å². The lowest BCUT2D eigenvalue weighted by Gasteiger charge is -2.34. The largest absolute Gasteiger partial charge is 0.330 e. The van der Waals surface area contributed by atoms with Gasteiger partial charge in [0, 0.05) is 18.2 Å². The van der Waals surface area contributed by atoms with Crippen LogP contribution in [0.5, 0.6) is 0 Å². The molecule has 0 radical (unpaired) electrons. The van der Waals surface area contributed by atoms with Crippen LogP contribution in [0.4, 0.5) is 0 Å². The van der Waals surface area contributed by atoms with Gasteiger partial charge in [0.25, 0.3) is 0 Å². The van der Waals surface area contributed by atoms with Gasteiger partial charge in [0.05, 0.1) is 0 Å². The highest BCUT2D eigenvalue weighted by molar-refractivity contribution is 5.93. The fourth-order valence-corrected chi connectivity index (χ4v) is 1.91. The van der Waals surface area contributed by atoms with Gasteiger partial charge < -0.3 is 4.90 Å². The van der Waals surface area contributed by atoms with Gasteiger partial charge in [-0.2, -0.15) is 0 Å². The summed E-state index contributed by atoms with van der Waals surface area (Å²) in [6, 6.07) is 8.14. The molecular formula is C14H17NO. The summed E-state index contributed by atoms with van der Waals surface area (Å²) in [6.07, 6.45) is 3.57. The molecule has 1 aromatic carbocycles. The fraction of sp³-hybridized carbons (Fsp3) is 0.357. The SMILES string of the molecule is CC(C)(C)N1Cc2ccccc2C=CC1=O. The third-order valence-electron chi connectivity index (χ3n) is 2.86. The second kappa shape index (κ2) is 3.78. The maximum atomic E-state index is 12.0. The maximum Gasteiger partial charge on any atom is 0.247 e. The summed E-state index contributed by atoms with van der Waals surface area (Å²) in [6.45, 7) is 6.87. The first-order chi connectivity index (χ1) is 7.48. The van der Waals surface area contributed by atoms with E-state index >= 15 is 0 Å². The summed E-state index contributed by atoms with van der Waals surface area (Å²) in [5.41, 5.74) is 2.21. The summed E-state index contributed by atoms with van der Waals surface area (Å²) in [5.74, 6) is 0.0868. The average Bonchev–Trinajstić information content (AvgIpc) is 2.38. The Morgan fingerprint density at radius 2 is 1.81 bits per heavy atom. The lowest BCUT2D eigenvalue weighted by molar-refractivity contribution is -0.131. The molecule has 16 heavy (non-hydrogen) atoms. The third kappa shape index (κ3) is 2.01. The zero-order valence-electron chi connectivity index (χ0n) is 10.0. The maximum absolute atomic E-state index is 12.0. The van der Waals surface area contributed by atoms with E-state index in [1.165, 1.54) is 5.56 Å². The quantitative estimate of drug-likeness (QED) is 0.651. The molecule has 1 aliphatic heterocycles. The second-order valence-corrected chi connectivity index (χ2v) is 5.13. The number of rotatable bonds is 0. The van der Waals surface area contributed by atoms with Crippen LogP contribution in [0.2, 0.25) is 0 Å². The molecule has 0 fully saturated rings. The molecule has 0 N–H and O–H groups in total. The molecule has 0 spiro atoms. The molecule has 1 heterocycles. The molecule has 2 heteroatoms. The summed E-state index contributed by atoms with van der Waals surface area (Å²) in [4.78, 5) is 13.9. The second-order valence-electron chi connectivity index (χ2n) is 5.13. The Morgan fingerprint density at radius 3 is 2.50 bits per heavy atom. The van der Waals surface area contributed by atoms with Crippen molar-refractivity contribution >= 4 is 12.0 Å². The molecule has 0 saturated heterocycles. The van der Waals surface area contributed by atoms with Gasteiger partial charge >= 0.3 is 0 Å². The van der Waals surface area contributed by atoms with Crippen molar-refractivity contribution in [3.63, 3.8) is 0 Å². The Hall–Kier alpha value is -1.57. The van der Waals surface area contributed by atoms with Crippen LogP contribution in [0.15, 0.2) is 30.3 Å². The normalized spacial score (nSPS) is 15.9. The zero-order valence-corrected chi connectivity index (χ0v) is 10.0. The lowest BCUT2D eigenvalue weighted by atomic mass is 10.0. The molecule has 0 saturated carbocycles. The zero-order chi connectivity index (χ0) is 11.8. The molecule has 0 unspecified atom stereocenters. The molecule has 1 amide bonds. The molecule has 1 aliphatic rings. The van der Waals surface area contributed by atoms with Crippen LogP contribution in [0.1, 0.15) is 31.9 Å². The minimum atomic E-state index is -0.140. The van der Waals surface area contributed by atoms with E-state index in [-0.39, 0.29) is 11.4 Å². The summed E-state index contributed by atoms with van der Waals surface area (Å²) in [5, 5.41) is 0. The standard InChI is InChI=1S/C14H17NO/c1-14(2,3)15-10-12-7-5-4-6-11(12)8-9-13(15)16/h4-9H,10H2,1-3H3. The first-order valence-electron chi connectivity index (χ1n) is 5.56. The molecule has 84 valence electrons. The number of fused-ring (bicyclic) bond motifs is 1. The Morgan fingerprint density at radius 1 is 1.12 bits per heavy atom. The highest BCUT2D eigenvalue weighted by Gasteiger charge is 2.26. The van der Waals surface area contributed by atoms with Crippen molar-refractivity contribution in [3.05, 3.63) is 41.5 Å². The van der Waals surface area contributed by atoms with Crippen LogP contribution >= 0.6 is 0 Å². The van der Waals surface area contributed by atoms with E-state index < -0.39 is 0 Å². The van der Waals surface area contributed by atoms with E-state index in [1.54, 1.807) is 6.08 Å². The average molecular weight is 215 g/mol. The number of hydrogen-bond acceptors (Lipinski definition) is 1. The topological polar surface area (TPSA) is 20.3 Å². The van der Waals surface area contributed by atoms with Gasteiger partial charge in [-0.25, -0.2) is 0 Å². The van der Waals surface area contributed by atoms with E-state index in [0.717, 1.165) is 5.56 Å². The van der Waals surface area contributed by atoms with Crippen molar-refractivity contribution in [2.24, 2.45) is 0 Å². The van der Waals surface area contributed by atoms with Crippen molar-refractivity contribution in [1.29, 1.82) is 0 Å². The van der Waals surface area contributed by atoms with Crippen molar-refractivity contribution in [3.8, 4) is 0 Å². The highest BCUT2D eigenvalue weighted by Crippen LogP contribution is 2.23. The molecule has 0 bridgehead atoms. The third-order valence-corrected chi connectivity index (χ3v) is 2.86. The first-order valence-corrected chi connectivity index (χ1v) is 5.56. The van der Waals surface area contributed by atoms with Crippen molar-refractivity contribution in [2.45, 2.75) is 32.9 Å². The Kier molecular flexibility index (Phi) is 2.58. The Bertz CT molecular complexity index is 440. The van der Waals surface area contributed by atoms with Crippen LogP contribution in [0.3, 0.4) is 0 Å². The number of nitrogens with zero attached hydrogens (tertiary/aromatic N) is 1. The van der Waals surface area contributed by atoms with E-state index in [0.29, 0.717) is 6.54 Å². The molecule has 0 atom stereocenters. The smallest absolute Gasteiger partial charge is 0.247 e. The number of carbonyl (C=O) groups excluding carboxylic acids is 1. The van der Waals surface area contributed by atoms with E-state index in [1.807, 2.05) is 29.2 Å². The van der Waals surface area contributed by atoms with Gasteiger partial charge in [0.2, 0.25) is 5.91 Å². The Labute approximate surface area is 96.6 Å². The van der Waals surface area contributed by atoms with Crippen LogP contribution in [0.25, 0.3) is 6.08 Å². The summed E-state index contributed by atoms with van der Waals surface area (Å²) >= 11 is 0. The summed E-state index contributed by atoms with van der Waals surface area (Å²) in [7, 11) is 0. The van der Waals surface area contributed by atoms with Gasteiger partial charge in [0.1, 0.15) is 0 Å². The monoisotopic (exact) mass is 215 g/mol. The van der Waals surface area contributed by atoms with Crippen LogP contribution < -0.4 is 0 Å². The van der Waals surface area contributed by atoms with Crippen LogP contribution in [0, 0.1) is 0 Å². The first kappa shape index (κ1) is 10.9. The molecule has 1 aromatic rings. The predicted molar refractivity (Wildman–Crippen MR) is 65.8 cm³/mol. The van der Waals surface area contributed by atoms with Crippen molar-refractivity contribution in [1.82, 2.24) is 4.90 Å². The van der Waals surface area contributed by atoms with Gasteiger partial charge in [0.15, 0.2) is 0 Å². The van der Waals surface area contributed by atoms with Crippen molar-refractivity contribution in [2.75, 3.05) is 0 Å². The van der Waals surface area contributed by atoms with E-state index in [9.17, 15) is 4.79 Å². The van der Waals surface area contributed by atoms with Crippen molar-refractivity contribution < 1.29 is 4.79 Å². The molecule has 2 rings (SSSR count).